The smallest absolute Gasteiger partial charge is 0.318 e. The Labute approximate surface area is 88.4 Å². The minimum atomic E-state index is -3.01. The molecule has 0 aromatic rings. The summed E-state index contributed by atoms with van der Waals surface area (Å²) in [6, 6.07) is 0. The number of nitrogens with zero attached hydrogens (tertiary/aromatic N) is 1. The van der Waals surface area contributed by atoms with E-state index in [2.05, 4.69) is 4.74 Å². The van der Waals surface area contributed by atoms with Crippen molar-refractivity contribution >= 4 is 5.97 Å². The van der Waals surface area contributed by atoms with E-state index < -0.39 is 17.3 Å². The van der Waals surface area contributed by atoms with Crippen molar-refractivity contribution in [2.45, 2.75) is 25.7 Å². The molecule has 0 saturated carbocycles. The third-order valence-electron chi connectivity index (χ3n) is 3.27. The molecule has 0 N–H and O–H groups in total. The van der Waals surface area contributed by atoms with Gasteiger partial charge >= 0.3 is 5.97 Å². The second-order valence-electron chi connectivity index (χ2n) is 4.12. The van der Waals surface area contributed by atoms with Crippen LogP contribution in [0.1, 0.15) is 19.8 Å². The summed E-state index contributed by atoms with van der Waals surface area (Å²) in [7, 11) is 2.79. The topological polar surface area (TPSA) is 29.5 Å². The molecular formula is C10H17F2NO2. The Bertz CT molecular complexity index is 258. The van der Waals surface area contributed by atoms with Crippen LogP contribution in [0.3, 0.4) is 0 Å². The molecule has 0 aliphatic carbocycles. The molecule has 1 heterocycles. The van der Waals surface area contributed by atoms with Crippen LogP contribution in [-0.2, 0) is 9.53 Å². The molecule has 1 aliphatic rings. The van der Waals surface area contributed by atoms with Crippen LogP contribution < -0.4 is 0 Å². The number of halogens is 2. The summed E-state index contributed by atoms with van der Waals surface area (Å²) in [5, 5.41) is 0. The van der Waals surface area contributed by atoms with Crippen LogP contribution in [0.15, 0.2) is 0 Å². The predicted molar refractivity (Wildman–Crippen MR) is 51.8 cm³/mol. The number of esters is 1. The van der Waals surface area contributed by atoms with Gasteiger partial charge < -0.3 is 9.64 Å². The SMILES string of the molecule is CCC1(C(=O)OC)CCN(C)CC1(F)F. The second kappa shape index (κ2) is 4.04. The fourth-order valence-corrected chi connectivity index (χ4v) is 2.16. The van der Waals surface area contributed by atoms with Gasteiger partial charge in [0.2, 0.25) is 0 Å². The van der Waals surface area contributed by atoms with Crippen LogP contribution in [0.25, 0.3) is 0 Å². The quantitative estimate of drug-likeness (QED) is 0.662. The highest BCUT2D eigenvalue weighted by Gasteiger charge is 2.60. The first-order valence-corrected chi connectivity index (χ1v) is 5.04. The summed E-state index contributed by atoms with van der Waals surface area (Å²) in [5.41, 5.74) is -1.63. The summed E-state index contributed by atoms with van der Waals surface area (Å²) in [6.45, 7) is 1.73. The highest BCUT2D eigenvalue weighted by molar-refractivity contribution is 5.78. The molecule has 88 valence electrons. The van der Waals surface area contributed by atoms with Crippen molar-refractivity contribution in [3.63, 3.8) is 0 Å². The molecule has 0 bridgehead atoms. The Morgan fingerprint density at radius 1 is 1.53 bits per heavy atom. The van der Waals surface area contributed by atoms with E-state index in [1.165, 1.54) is 4.90 Å². The molecule has 0 spiro atoms. The molecular weight excluding hydrogens is 204 g/mol. The second-order valence-corrected chi connectivity index (χ2v) is 4.12. The van der Waals surface area contributed by atoms with E-state index in [0.717, 1.165) is 7.11 Å². The van der Waals surface area contributed by atoms with E-state index in [9.17, 15) is 13.6 Å². The van der Waals surface area contributed by atoms with Crippen molar-refractivity contribution in [2.75, 3.05) is 27.2 Å². The minimum absolute atomic E-state index is 0.112. The molecule has 0 aromatic carbocycles. The maximum atomic E-state index is 13.9. The molecule has 0 amide bonds. The minimum Gasteiger partial charge on any atom is -0.468 e. The average molecular weight is 221 g/mol. The molecule has 1 aliphatic heterocycles. The Morgan fingerprint density at radius 2 is 2.13 bits per heavy atom. The Balaban J connectivity index is 3.02. The largest absolute Gasteiger partial charge is 0.468 e. The van der Waals surface area contributed by atoms with Gasteiger partial charge in [0.25, 0.3) is 5.92 Å². The van der Waals surface area contributed by atoms with Crippen molar-refractivity contribution in [1.82, 2.24) is 4.90 Å². The van der Waals surface area contributed by atoms with Gasteiger partial charge in [0.15, 0.2) is 0 Å². The van der Waals surface area contributed by atoms with Gasteiger partial charge in [-0.25, -0.2) is 8.78 Å². The molecule has 3 nitrogen and oxygen atoms in total. The molecule has 0 radical (unpaired) electrons. The summed E-state index contributed by atoms with van der Waals surface area (Å²) in [5.74, 6) is -3.80. The normalized spacial score (nSPS) is 31.3. The molecule has 1 atom stereocenters. The van der Waals surface area contributed by atoms with Gasteiger partial charge in [-0.1, -0.05) is 6.92 Å². The zero-order valence-corrected chi connectivity index (χ0v) is 9.35. The van der Waals surface area contributed by atoms with Crippen LogP contribution in [0.4, 0.5) is 8.78 Å². The summed E-state index contributed by atoms with van der Waals surface area (Å²) in [6.07, 6.45) is 0.264. The first-order chi connectivity index (χ1) is 6.89. The van der Waals surface area contributed by atoms with Crippen molar-refractivity contribution in [3.05, 3.63) is 0 Å². The molecule has 1 rings (SSSR count). The lowest BCUT2D eigenvalue weighted by atomic mass is 9.73. The Hall–Kier alpha value is -0.710. The van der Waals surface area contributed by atoms with E-state index in [4.69, 9.17) is 0 Å². The summed E-state index contributed by atoms with van der Waals surface area (Å²) >= 11 is 0. The molecule has 0 aromatic heterocycles. The maximum Gasteiger partial charge on any atom is 0.318 e. The van der Waals surface area contributed by atoms with Gasteiger partial charge in [-0.3, -0.25) is 4.79 Å². The van der Waals surface area contributed by atoms with Crippen LogP contribution >= 0.6 is 0 Å². The molecule has 5 heteroatoms. The van der Waals surface area contributed by atoms with E-state index in [-0.39, 0.29) is 19.4 Å². The van der Waals surface area contributed by atoms with Gasteiger partial charge in [-0.05, 0) is 26.4 Å². The number of piperidine rings is 1. The van der Waals surface area contributed by atoms with Gasteiger partial charge in [-0.15, -0.1) is 0 Å². The van der Waals surface area contributed by atoms with Gasteiger partial charge in [0.05, 0.1) is 13.7 Å². The van der Waals surface area contributed by atoms with E-state index >= 15 is 0 Å². The van der Waals surface area contributed by atoms with E-state index in [1.807, 2.05) is 0 Å². The highest BCUT2D eigenvalue weighted by Crippen LogP contribution is 2.46. The molecule has 1 fully saturated rings. The van der Waals surface area contributed by atoms with Crippen molar-refractivity contribution in [3.8, 4) is 0 Å². The Kier molecular flexibility index (Phi) is 3.33. The number of ether oxygens (including phenoxy) is 1. The fourth-order valence-electron chi connectivity index (χ4n) is 2.16. The van der Waals surface area contributed by atoms with Crippen molar-refractivity contribution in [1.29, 1.82) is 0 Å². The fraction of sp³-hybridized carbons (Fsp3) is 0.900. The lowest BCUT2D eigenvalue weighted by Crippen LogP contribution is -2.58. The number of carbonyl (C=O) groups is 1. The summed E-state index contributed by atoms with van der Waals surface area (Å²) in [4.78, 5) is 13.1. The predicted octanol–water partition coefficient (Wildman–Crippen LogP) is 1.53. The average Bonchev–Trinajstić information content (AvgIpc) is 2.16. The highest BCUT2D eigenvalue weighted by atomic mass is 19.3. The number of hydrogen-bond acceptors (Lipinski definition) is 3. The van der Waals surface area contributed by atoms with Gasteiger partial charge in [-0.2, -0.15) is 0 Å². The first kappa shape index (κ1) is 12.4. The van der Waals surface area contributed by atoms with E-state index in [0.29, 0.717) is 6.54 Å². The van der Waals surface area contributed by atoms with Crippen LogP contribution in [-0.4, -0.2) is 44.0 Å². The van der Waals surface area contributed by atoms with Crippen molar-refractivity contribution in [2.24, 2.45) is 5.41 Å². The molecule has 1 saturated heterocycles. The zero-order valence-electron chi connectivity index (χ0n) is 9.35. The lowest BCUT2D eigenvalue weighted by Gasteiger charge is -2.43. The number of methoxy groups -OCH3 is 1. The van der Waals surface area contributed by atoms with Crippen molar-refractivity contribution < 1.29 is 18.3 Å². The van der Waals surface area contributed by atoms with Crippen LogP contribution in [0, 0.1) is 5.41 Å². The number of alkyl halides is 2. The Morgan fingerprint density at radius 3 is 2.53 bits per heavy atom. The van der Waals surface area contributed by atoms with Gasteiger partial charge in [0, 0.05) is 0 Å². The maximum absolute atomic E-state index is 13.9. The number of carbonyl (C=O) groups excluding carboxylic acids is 1. The van der Waals surface area contributed by atoms with Gasteiger partial charge in [0.1, 0.15) is 5.41 Å². The monoisotopic (exact) mass is 221 g/mol. The third-order valence-corrected chi connectivity index (χ3v) is 3.27. The summed E-state index contributed by atoms with van der Waals surface area (Å²) < 4.78 is 32.3. The standard InChI is InChI=1S/C10H17F2NO2/c1-4-9(8(14)15-3)5-6-13(2)7-10(9,11)12/h4-7H2,1-3H3. The number of rotatable bonds is 2. The number of hydrogen-bond donors (Lipinski definition) is 0. The molecule has 15 heavy (non-hydrogen) atoms. The molecule has 1 unspecified atom stereocenters. The number of likely N-dealkylation sites (tertiary alicyclic amines) is 1. The van der Waals surface area contributed by atoms with E-state index in [1.54, 1.807) is 14.0 Å². The lowest BCUT2D eigenvalue weighted by molar-refractivity contribution is -0.199. The van der Waals surface area contributed by atoms with Crippen LogP contribution in [0.5, 0.6) is 0 Å². The first-order valence-electron chi connectivity index (χ1n) is 5.04. The zero-order chi connectivity index (χ0) is 11.7. The van der Waals surface area contributed by atoms with Crippen LogP contribution in [0.2, 0.25) is 0 Å². The third kappa shape index (κ3) is 1.85.